The predicted octanol–water partition coefficient (Wildman–Crippen LogP) is 4.07. The van der Waals surface area contributed by atoms with E-state index in [4.69, 9.17) is 16.3 Å². The molecule has 0 spiro atoms. The molecule has 0 saturated carbocycles. The first-order valence-electron chi connectivity index (χ1n) is 6.28. The van der Waals surface area contributed by atoms with Crippen molar-refractivity contribution in [3.05, 3.63) is 63.9 Å². The van der Waals surface area contributed by atoms with Crippen LogP contribution in [0.3, 0.4) is 0 Å². The fourth-order valence-corrected chi connectivity index (χ4v) is 2.23. The molecule has 0 aliphatic heterocycles. The van der Waals surface area contributed by atoms with Crippen LogP contribution in [0.15, 0.2) is 36.4 Å². The summed E-state index contributed by atoms with van der Waals surface area (Å²) in [5.41, 5.74) is 2.46. The van der Waals surface area contributed by atoms with Crippen molar-refractivity contribution in [1.82, 2.24) is 0 Å². The summed E-state index contributed by atoms with van der Waals surface area (Å²) in [7, 11) is 1.59. The molecule has 2 aromatic rings. The van der Waals surface area contributed by atoms with Crippen molar-refractivity contribution in [3.8, 4) is 5.75 Å². The van der Waals surface area contributed by atoms with Gasteiger partial charge in [0.25, 0.3) is 0 Å². The van der Waals surface area contributed by atoms with Crippen LogP contribution >= 0.6 is 11.6 Å². The van der Waals surface area contributed by atoms with Gasteiger partial charge in [-0.1, -0.05) is 35.4 Å². The number of ether oxygens (including phenoxy) is 1. The lowest BCUT2D eigenvalue weighted by Crippen LogP contribution is -2.04. The predicted molar refractivity (Wildman–Crippen MR) is 77.8 cm³/mol. The Bertz CT molecular complexity index is 613. The van der Waals surface area contributed by atoms with E-state index in [0.29, 0.717) is 17.7 Å². The number of aliphatic hydroxyl groups excluding tert-OH is 1. The van der Waals surface area contributed by atoms with Gasteiger partial charge < -0.3 is 9.84 Å². The van der Waals surface area contributed by atoms with Crippen LogP contribution in [0.5, 0.6) is 5.75 Å². The summed E-state index contributed by atoms with van der Waals surface area (Å²) in [5.74, 6) is 0.184. The molecule has 0 saturated heterocycles. The Kier molecular flexibility index (Phi) is 4.63. The maximum Gasteiger partial charge on any atom is 0.142 e. The lowest BCUT2D eigenvalue weighted by Gasteiger charge is -2.15. The quantitative estimate of drug-likeness (QED) is 0.921. The third kappa shape index (κ3) is 3.30. The van der Waals surface area contributed by atoms with E-state index in [1.54, 1.807) is 13.2 Å². The molecule has 0 heterocycles. The van der Waals surface area contributed by atoms with Gasteiger partial charge in [-0.25, -0.2) is 4.39 Å². The van der Waals surface area contributed by atoms with Gasteiger partial charge >= 0.3 is 0 Å². The average Bonchev–Trinajstić information content (AvgIpc) is 2.42. The molecule has 1 unspecified atom stereocenters. The van der Waals surface area contributed by atoms with Crippen LogP contribution in [0.1, 0.15) is 22.8 Å². The molecule has 0 aliphatic carbocycles. The van der Waals surface area contributed by atoms with E-state index in [2.05, 4.69) is 0 Å². The molecule has 0 bridgehead atoms. The number of halogens is 2. The molecule has 1 atom stereocenters. The van der Waals surface area contributed by atoms with E-state index in [0.717, 1.165) is 11.1 Å². The standard InChI is InChI=1S/C16H16ClFO2/c1-10-3-6-16(20-2)12(7-10)9-15(19)11-4-5-13(17)14(18)8-11/h3-8,15,19H,9H2,1-2H3. The molecule has 0 amide bonds. The Morgan fingerprint density at radius 1 is 1.25 bits per heavy atom. The highest BCUT2D eigenvalue weighted by Crippen LogP contribution is 2.27. The van der Waals surface area contributed by atoms with Crippen molar-refractivity contribution < 1.29 is 14.2 Å². The van der Waals surface area contributed by atoms with Crippen LogP contribution in [0.2, 0.25) is 5.02 Å². The van der Waals surface area contributed by atoms with Crippen LogP contribution in [0.4, 0.5) is 4.39 Å². The van der Waals surface area contributed by atoms with Gasteiger partial charge in [0.2, 0.25) is 0 Å². The summed E-state index contributed by atoms with van der Waals surface area (Å²) in [6, 6.07) is 10.1. The molecule has 2 nitrogen and oxygen atoms in total. The third-order valence-corrected chi connectivity index (χ3v) is 3.48. The maximum atomic E-state index is 13.4. The molecule has 20 heavy (non-hydrogen) atoms. The minimum atomic E-state index is -0.808. The second kappa shape index (κ2) is 6.25. The number of hydrogen-bond donors (Lipinski definition) is 1. The van der Waals surface area contributed by atoms with E-state index >= 15 is 0 Å². The largest absolute Gasteiger partial charge is 0.496 e. The van der Waals surface area contributed by atoms with Crippen molar-refractivity contribution >= 4 is 11.6 Å². The van der Waals surface area contributed by atoms with E-state index in [1.165, 1.54) is 12.1 Å². The lowest BCUT2D eigenvalue weighted by atomic mass is 9.99. The smallest absolute Gasteiger partial charge is 0.142 e. The lowest BCUT2D eigenvalue weighted by molar-refractivity contribution is 0.177. The third-order valence-electron chi connectivity index (χ3n) is 3.18. The summed E-state index contributed by atoms with van der Waals surface area (Å²) in [4.78, 5) is 0. The molecule has 0 aliphatic rings. The van der Waals surface area contributed by atoms with Gasteiger partial charge in [0, 0.05) is 6.42 Å². The summed E-state index contributed by atoms with van der Waals surface area (Å²) in [5, 5.41) is 10.3. The second-order valence-corrected chi connectivity index (χ2v) is 5.12. The molecule has 4 heteroatoms. The van der Waals surface area contributed by atoms with E-state index in [1.807, 2.05) is 25.1 Å². The summed E-state index contributed by atoms with van der Waals surface area (Å²) < 4.78 is 18.7. The summed E-state index contributed by atoms with van der Waals surface area (Å²) >= 11 is 5.64. The number of hydrogen-bond acceptors (Lipinski definition) is 2. The summed E-state index contributed by atoms with van der Waals surface area (Å²) in [6.07, 6.45) is -0.455. The van der Waals surface area contributed by atoms with Gasteiger partial charge in [-0.3, -0.25) is 0 Å². The van der Waals surface area contributed by atoms with Crippen LogP contribution < -0.4 is 4.74 Å². The molecule has 0 radical (unpaired) electrons. The first-order valence-corrected chi connectivity index (χ1v) is 6.65. The number of rotatable bonds is 4. The number of aryl methyl sites for hydroxylation is 1. The highest BCUT2D eigenvalue weighted by atomic mass is 35.5. The fourth-order valence-electron chi connectivity index (χ4n) is 2.11. The minimum Gasteiger partial charge on any atom is -0.496 e. The van der Waals surface area contributed by atoms with Crippen molar-refractivity contribution in [3.63, 3.8) is 0 Å². The molecule has 0 fully saturated rings. The number of benzene rings is 2. The minimum absolute atomic E-state index is 0.0501. The van der Waals surface area contributed by atoms with Crippen LogP contribution in [0, 0.1) is 12.7 Å². The number of methoxy groups -OCH3 is 1. The van der Waals surface area contributed by atoms with Crippen molar-refractivity contribution in [2.75, 3.05) is 7.11 Å². The maximum absolute atomic E-state index is 13.4. The SMILES string of the molecule is COc1ccc(C)cc1CC(O)c1ccc(Cl)c(F)c1. The molecular weight excluding hydrogens is 279 g/mol. The molecular formula is C16H16ClFO2. The zero-order chi connectivity index (χ0) is 14.7. The van der Waals surface area contributed by atoms with Gasteiger partial charge in [0.15, 0.2) is 0 Å². The normalized spacial score (nSPS) is 12.2. The van der Waals surface area contributed by atoms with Gasteiger partial charge in [-0.2, -0.15) is 0 Å². The van der Waals surface area contributed by atoms with E-state index in [9.17, 15) is 9.50 Å². The van der Waals surface area contributed by atoms with Crippen LogP contribution in [0.25, 0.3) is 0 Å². The average molecular weight is 295 g/mol. The molecule has 0 aromatic heterocycles. The van der Waals surface area contributed by atoms with E-state index in [-0.39, 0.29) is 5.02 Å². The van der Waals surface area contributed by atoms with Crippen LogP contribution in [-0.2, 0) is 6.42 Å². The number of aliphatic hydroxyl groups is 1. The molecule has 2 aromatic carbocycles. The Hall–Kier alpha value is -1.58. The Balaban J connectivity index is 2.24. The topological polar surface area (TPSA) is 29.5 Å². The van der Waals surface area contributed by atoms with Crippen LogP contribution in [-0.4, -0.2) is 12.2 Å². The Labute approximate surface area is 122 Å². The zero-order valence-corrected chi connectivity index (χ0v) is 12.1. The van der Waals surface area contributed by atoms with Gasteiger partial charge in [0.1, 0.15) is 11.6 Å². The van der Waals surface area contributed by atoms with Crippen molar-refractivity contribution in [1.29, 1.82) is 0 Å². The van der Waals surface area contributed by atoms with Gasteiger partial charge in [-0.05, 0) is 36.2 Å². The highest BCUT2D eigenvalue weighted by molar-refractivity contribution is 6.30. The first kappa shape index (κ1) is 14.8. The van der Waals surface area contributed by atoms with Gasteiger partial charge in [-0.15, -0.1) is 0 Å². The van der Waals surface area contributed by atoms with E-state index < -0.39 is 11.9 Å². The summed E-state index contributed by atoms with van der Waals surface area (Å²) in [6.45, 7) is 1.97. The monoisotopic (exact) mass is 294 g/mol. The van der Waals surface area contributed by atoms with Crippen molar-refractivity contribution in [2.45, 2.75) is 19.4 Å². The second-order valence-electron chi connectivity index (χ2n) is 4.71. The fraction of sp³-hybridized carbons (Fsp3) is 0.250. The van der Waals surface area contributed by atoms with Crippen molar-refractivity contribution in [2.24, 2.45) is 0 Å². The first-order chi connectivity index (χ1) is 9.51. The van der Waals surface area contributed by atoms with Gasteiger partial charge in [0.05, 0.1) is 18.2 Å². The molecule has 2 rings (SSSR count). The zero-order valence-electron chi connectivity index (χ0n) is 11.4. The Morgan fingerprint density at radius 2 is 2.00 bits per heavy atom. The Morgan fingerprint density at radius 3 is 2.65 bits per heavy atom. The molecule has 1 N–H and O–H groups in total. The molecule has 106 valence electrons. The highest BCUT2D eigenvalue weighted by Gasteiger charge is 2.14.